The molecule has 0 aliphatic carbocycles. The van der Waals surface area contributed by atoms with Crippen LogP contribution in [0.2, 0.25) is 0 Å². The SMILES string of the molecule is CCCC(O)([N+](=O)[O-])[N+](=O)[O-]. The average molecular weight is 164 g/mol. The van der Waals surface area contributed by atoms with E-state index in [4.69, 9.17) is 5.11 Å². The quantitative estimate of drug-likeness (QED) is 0.357. The van der Waals surface area contributed by atoms with E-state index >= 15 is 0 Å². The molecule has 0 rings (SSSR count). The molecule has 0 aliphatic heterocycles. The smallest absolute Gasteiger partial charge is 0.269 e. The summed E-state index contributed by atoms with van der Waals surface area (Å²) in [7, 11) is 0. The van der Waals surface area contributed by atoms with E-state index in [-0.39, 0.29) is 6.42 Å². The second-order valence-electron chi connectivity index (χ2n) is 2.04. The van der Waals surface area contributed by atoms with E-state index in [1.807, 2.05) is 0 Å². The Morgan fingerprint density at radius 3 is 1.82 bits per heavy atom. The summed E-state index contributed by atoms with van der Waals surface area (Å²) in [6, 6.07) is 0. The van der Waals surface area contributed by atoms with Crippen LogP contribution >= 0.6 is 0 Å². The van der Waals surface area contributed by atoms with E-state index in [1.165, 1.54) is 6.92 Å². The molecule has 0 aliphatic rings. The molecule has 1 N–H and O–H groups in total. The fourth-order valence-corrected chi connectivity index (χ4v) is 0.585. The molecule has 7 nitrogen and oxygen atoms in total. The monoisotopic (exact) mass is 164 g/mol. The van der Waals surface area contributed by atoms with Crippen molar-refractivity contribution in [3.63, 3.8) is 0 Å². The van der Waals surface area contributed by atoms with Gasteiger partial charge in [0.25, 0.3) is 0 Å². The molecular weight excluding hydrogens is 156 g/mol. The Morgan fingerprint density at radius 2 is 1.73 bits per heavy atom. The maximum Gasteiger partial charge on any atom is 0.576 e. The van der Waals surface area contributed by atoms with E-state index in [0.29, 0.717) is 0 Å². The Bertz CT molecular complexity index is 165. The van der Waals surface area contributed by atoms with E-state index in [9.17, 15) is 20.2 Å². The Hall–Kier alpha value is -1.24. The zero-order valence-electron chi connectivity index (χ0n) is 5.89. The summed E-state index contributed by atoms with van der Waals surface area (Å²) in [5, 5.41) is 28.7. The summed E-state index contributed by atoms with van der Waals surface area (Å²) in [5.74, 6) is -3.01. The molecule has 0 radical (unpaired) electrons. The van der Waals surface area contributed by atoms with Gasteiger partial charge in [0.2, 0.25) is 0 Å². The van der Waals surface area contributed by atoms with Crippen LogP contribution in [-0.2, 0) is 0 Å². The number of hydrogen-bond donors (Lipinski definition) is 1. The fourth-order valence-electron chi connectivity index (χ4n) is 0.585. The molecule has 0 aromatic carbocycles. The first-order chi connectivity index (χ1) is 4.95. The molecule has 0 bridgehead atoms. The first-order valence-corrected chi connectivity index (χ1v) is 2.96. The lowest BCUT2D eigenvalue weighted by atomic mass is 10.2. The van der Waals surface area contributed by atoms with Gasteiger partial charge in [-0.05, 0) is 6.42 Å². The largest absolute Gasteiger partial charge is 0.576 e. The molecular formula is C4H8N2O5. The fraction of sp³-hybridized carbons (Fsp3) is 1.00. The molecule has 0 spiro atoms. The molecule has 0 fully saturated rings. The van der Waals surface area contributed by atoms with E-state index in [1.54, 1.807) is 0 Å². The molecule has 0 aromatic rings. The van der Waals surface area contributed by atoms with Crippen LogP contribution in [-0.4, -0.2) is 20.8 Å². The van der Waals surface area contributed by atoms with Gasteiger partial charge in [-0.25, -0.2) is 0 Å². The standard InChI is InChI=1S/C4H8N2O5/c1-2-3-4(7,5(8)9)6(10)11/h7H,2-3H2,1H3. The molecule has 0 atom stereocenters. The second-order valence-corrected chi connectivity index (χ2v) is 2.04. The maximum atomic E-state index is 9.97. The molecule has 0 heterocycles. The maximum absolute atomic E-state index is 9.97. The van der Waals surface area contributed by atoms with Crippen LogP contribution in [0, 0.1) is 20.2 Å². The Balaban J connectivity index is 4.52. The number of aliphatic hydroxyl groups is 1. The zero-order valence-corrected chi connectivity index (χ0v) is 5.89. The van der Waals surface area contributed by atoms with Crippen LogP contribution in [0.25, 0.3) is 0 Å². The predicted molar refractivity (Wildman–Crippen MR) is 33.8 cm³/mol. The van der Waals surface area contributed by atoms with Gasteiger partial charge >= 0.3 is 5.85 Å². The van der Waals surface area contributed by atoms with Crippen molar-refractivity contribution in [2.75, 3.05) is 0 Å². The topological polar surface area (TPSA) is 107 Å². The van der Waals surface area contributed by atoms with Gasteiger partial charge in [0, 0.05) is 0 Å². The summed E-state index contributed by atoms with van der Waals surface area (Å²) < 4.78 is 0. The van der Waals surface area contributed by atoms with Crippen LogP contribution in [0.1, 0.15) is 19.8 Å². The number of hydrogen-bond acceptors (Lipinski definition) is 5. The minimum atomic E-state index is -3.01. The van der Waals surface area contributed by atoms with Crippen LogP contribution in [0.5, 0.6) is 0 Å². The number of nitrogens with zero attached hydrogens (tertiary/aromatic N) is 2. The predicted octanol–water partition coefficient (Wildman–Crippen LogP) is -0.0140. The zero-order chi connectivity index (χ0) is 9.07. The van der Waals surface area contributed by atoms with E-state index in [0.717, 1.165) is 0 Å². The highest BCUT2D eigenvalue weighted by Gasteiger charge is 2.53. The van der Waals surface area contributed by atoms with E-state index in [2.05, 4.69) is 0 Å². The molecule has 0 amide bonds. The normalized spacial score (nSPS) is 11.1. The minimum Gasteiger partial charge on any atom is -0.269 e. The third-order valence-corrected chi connectivity index (χ3v) is 1.17. The van der Waals surface area contributed by atoms with Crippen molar-refractivity contribution in [1.82, 2.24) is 0 Å². The van der Waals surface area contributed by atoms with Gasteiger partial charge in [-0.1, -0.05) is 6.92 Å². The van der Waals surface area contributed by atoms with Crippen LogP contribution in [0.3, 0.4) is 0 Å². The van der Waals surface area contributed by atoms with Crippen LogP contribution in [0.15, 0.2) is 0 Å². The molecule has 64 valence electrons. The lowest BCUT2D eigenvalue weighted by Gasteiger charge is -2.07. The van der Waals surface area contributed by atoms with E-state index < -0.39 is 22.1 Å². The van der Waals surface area contributed by atoms with Crippen LogP contribution in [0.4, 0.5) is 0 Å². The minimum absolute atomic E-state index is 0.179. The average Bonchev–Trinajstić information content (AvgIpc) is 1.87. The van der Waals surface area contributed by atoms with Gasteiger partial charge < -0.3 is 0 Å². The van der Waals surface area contributed by atoms with Gasteiger partial charge in [0.1, 0.15) is 16.3 Å². The van der Waals surface area contributed by atoms with Gasteiger partial charge in [0.15, 0.2) is 0 Å². The van der Waals surface area contributed by atoms with Crippen molar-refractivity contribution in [1.29, 1.82) is 0 Å². The highest BCUT2D eigenvalue weighted by Crippen LogP contribution is 2.13. The Kier molecular flexibility index (Phi) is 2.87. The second kappa shape index (κ2) is 3.24. The number of rotatable bonds is 4. The summed E-state index contributed by atoms with van der Waals surface area (Å²) in [4.78, 5) is 17.3. The van der Waals surface area contributed by atoms with Crippen molar-refractivity contribution in [2.24, 2.45) is 0 Å². The van der Waals surface area contributed by atoms with Gasteiger partial charge in [-0.2, -0.15) is 0 Å². The summed E-state index contributed by atoms with van der Waals surface area (Å²) in [6.07, 6.45) is -0.300. The van der Waals surface area contributed by atoms with Gasteiger partial charge in [-0.15, -0.1) is 0 Å². The highest BCUT2D eigenvalue weighted by molar-refractivity contribution is 4.48. The van der Waals surface area contributed by atoms with Crippen molar-refractivity contribution in [3.8, 4) is 0 Å². The molecule has 0 saturated carbocycles. The lowest BCUT2D eigenvalue weighted by Crippen LogP contribution is -2.45. The van der Waals surface area contributed by atoms with Crippen molar-refractivity contribution < 1.29 is 15.0 Å². The van der Waals surface area contributed by atoms with Gasteiger partial charge in [-0.3, -0.25) is 25.3 Å². The molecule has 0 aromatic heterocycles. The van der Waals surface area contributed by atoms with Crippen LogP contribution < -0.4 is 0 Å². The molecule has 11 heavy (non-hydrogen) atoms. The Morgan fingerprint density at radius 1 is 1.36 bits per heavy atom. The first kappa shape index (κ1) is 9.76. The summed E-state index contributed by atoms with van der Waals surface area (Å²) in [5.41, 5.74) is 0. The lowest BCUT2D eigenvalue weighted by molar-refractivity contribution is -0.848. The van der Waals surface area contributed by atoms with Gasteiger partial charge in [0.05, 0.1) is 0 Å². The van der Waals surface area contributed by atoms with Crippen molar-refractivity contribution in [2.45, 2.75) is 25.6 Å². The summed E-state index contributed by atoms with van der Waals surface area (Å²) >= 11 is 0. The molecule has 7 heteroatoms. The molecule has 0 unspecified atom stereocenters. The number of nitro groups is 2. The first-order valence-electron chi connectivity index (χ1n) is 2.96. The van der Waals surface area contributed by atoms with Crippen molar-refractivity contribution >= 4 is 0 Å². The Labute approximate surface area is 61.9 Å². The third kappa shape index (κ3) is 1.84. The molecule has 0 saturated heterocycles. The summed E-state index contributed by atoms with van der Waals surface area (Å²) in [6.45, 7) is 1.51. The van der Waals surface area contributed by atoms with Crippen molar-refractivity contribution in [3.05, 3.63) is 20.2 Å². The highest BCUT2D eigenvalue weighted by atomic mass is 16.7. The third-order valence-electron chi connectivity index (χ3n) is 1.17.